The number of likely N-dealkylation sites (tertiary alicyclic amines) is 2. The van der Waals surface area contributed by atoms with Crippen LogP contribution in [0.15, 0.2) is 77.8 Å². The van der Waals surface area contributed by atoms with Gasteiger partial charge in [0.25, 0.3) is 17.1 Å². The predicted octanol–water partition coefficient (Wildman–Crippen LogP) is 3.88. The van der Waals surface area contributed by atoms with E-state index in [1.807, 2.05) is 0 Å². The van der Waals surface area contributed by atoms with Gasteiger partial charge in [0, 0.05) is 54.6 Å². The van der Waals surface area contributed by atoms with E-state index in [1.165, 1.54) is 79.4 Å². The first-order chi connectivity index (χ1) is 30.3. The molecule has 3 aromatic carbocycles. The number of benzene rings is 3. The Hall–Kier alpha value is -7.83. The molecule has 0 aromatic heterocycles. The summed E-state index contributed by atoms with van der Waals surface area (Å²) in [6.07, 6.45) is -4.22. The fraction of sp³-hybridized carbons (Fsp3) is 0.333. The molecule has 0 radical (unpaired) electrons. The molecule has 2 saturated heterocycles. The molecule has 2 heterocycles. The van der Waals surface area contributed by atoms with Crippen molar-refractivity contribution in [3.05, 3.63) is 120 Å². The normalized spacial score (nSPS) is 18.5. The van der Waals surface area contributed by atoms with Gasteiger partial charge in [-0.2, -0.15) is 4.99 Å². The van der Waals surface area contributed by atoms with E-state index in [4.69, 9.17) is 24.7 Å². The highest BCUT2D eigenvalue weighted by atomic mass is 32.2. The highest BCUT2D eigenvalue weighted by molar-refractivity contribution is 8.14. The summed E-state index contributed by atoms with van der Waals surface area (Å²) in [5.74, 6) is -6.08. The second-order valence-electron chi connectivity index (χ2n) is 14.2. The van der Waals surface area contributed by atoms with Crippen molar-refractivity contribution in [2.45, 2.75) is 69.9 Å². The topological polar surface area (TPSA) is 331 Å². The Balaban J connectivity index is 1.24. The van der Waals surface area contributed by atoms with Gasteiger partial charge in [0.2, 0.25) is 11.8 Å². The summed E-state index contributed by atoms with van der Waals surface area (Å²) in [6, 6.07) is 12.8. The molecule has 5 atom stereocenters. The molecule has 0 saturated carbocycles. The standard InChI is InChI=1S/C39H37N7O17S/c1-21(63-39(53)62-20-25-7-13-28(14-8-25)46(58)59)33-30(43(35(33)49)36(50)37(51)60-18-23-3-9-26(10-4-23)44(54)55)16-32(47)64-29-15-31(34(40)48)42(17-29)22(2)41-38(52)61-19-24-5-11-27(12-6-24)45(56)57/h3-14,21,29-31,33H,15-20H2,1-2H3,(H2,40,48)/t21-,29+,30-,31+,33-/m1/s1. The molecular weight excluding hydrogens is 871 g/mol. The molecule has 0 unspecified atom stereocenters. The third-order valence-electron chi connectivity index (χ3n) is 9.91. The lowest BCUT2D eigenvalue weighted by Crippen LogP contribution is -2.68. The molecule has 0 bridgehead atoms. The van der Waals surface area contributed by atoms with E-state index in [0.717, 1.165) is 23.9 Å². The number of hydrogen-bond acceptors (Lipinski definition) is 18. The van der Waals surface area contributed by atoms with Gasteiger partial charge in [0.15, 0.2) is 5.12 Å². The summed E-state index contributed by atoms with van der Waals surface area (Å²) < 4.78 is 20.6. The van der Waals surface area contributed by atoms with Gasteiger partial charge in [-0.1, -0.05) is 11.8 Å². The lowest BCUT2D eigenvalue weighted by atomic mass is 9.81. The first kappa shape index (κ1) is 47.2. The molecule has 2 aliphatic heterocycles. The van der Waals surface area contributed by atoms with Gasteiger partial charge in [0.1, 0.15) is 37.8 Å². The lowest BCUT2D eigenvalue weighted by Gasteiger charge is -2.46. The number of hydrogen-bond donors (Lipinski definition) is 1. The van der Waals surface area contributed by atoms with Gasteiger partial charge >= 0.3 is 24.1 Å². The van der Waals surface area contributed by atoms with Crippen LogP contribution in [-0.2, 0) is 62.7 Å². The molecule has 336 valence electrons. The minimum atomic E-state index is -1.50. The van der Waals surface area contributed by atoms with Crippen molar-refractivity contribution in [2.24, 2.45) is 16.6 Å². The van der Waals surface area contributed by atoms with Gasteiger partial charge in [-0.05, 0) is 73.4 Å². The van der Waals surface area contributed by atoms with Crippen LogP contribution < -0.4 is 5.73 Å². The number of aliphatic imine (C=N–C) groups is 1. The minimum Gasteiger partial charge on any atom is -0.454 e. The number of amidine groups is 1. The molecule has 2 aliphatic rings. The Kier molecular flexibility index (Phi) is 15.4. The molecule has 2 fully saturated rings. The number of ether oxygens (including phenoxy) is 4. The number of nitro benzene ring substituents is 3. The van der Waals surface area contributed by atoms with Crippen molar-refractivity contribution in [2.75, 3.05) is 6.54 Å². The maximum Gasteiger partial charge on any atom is 0.508 e. The number of β-lactam (4-membered cyclic amide) rings is 1. The van der Waals surface area contributed by atoms with Crippen LogP contribution in [0.5, 0.6) is 0 Å². The number of carbonyl (C=O) groups excluding carboxylic acids is 7. The average Bonchev–Trinajstić information content (AvgIpc) is 3.68. The highest BCUT2D eigenvalue weighted by Crippen LogP contribution is 2.37. The summed E-state index contributed by atoms with van der Waals surface area (Å²) in [6.45, 7) is 1.52. The van der Waals surface area contributed by atoms with Crippen LogP contribution in [-0.4, -0.2) is 101 Å². The molecule has 0 spiro atoms. The monoisotopic (exact) mass is 907 g/mol. The number of carbonyl (C=O) groups is 7. The first-order valence-corrected chi connectivity index (χ1v) is 19.8. The van der Waals surface area contributed by atoms with E-state index in [9.17, 15) is 63.9 Å². The number of nitrogens with two attached hydrogens (primary N) is 1. The third kappa shape index (κ3) is 12.0. The Morgan fingerprint density at radius 1 is 0.781 bits per heavy atom. The van der Waals surface area contributed by atoms with Gasteiger partial charge < -0.3 is 29.6 Å². The molecular formula is C39H37N7O17S. The van der Waals surface area contributed by atoms with Gasteiger partial charge in [-0.3, -0.25) is 54.4 Å². The number of nitrogens with zero attached hydrogens (tertiary/aromatic N) is 6. The van der Waals surface area contributed by atoms with Gasteiger partial charge in [0.05, 0.1) is 26.7 Å². The molecule has 0 aliphatic carbocycles. The molecule has 64 heavy (non-hydrogen) atoms. The fourth-order valence-corrected chi connectivity index (χ4v) is 7.84. The van der Waals surface area contributed by atoms with Crippen LogP contribution in [0.2, 0.25) is 0 Å². The van der Waals surface area contributed by atoms with E-state index >= 15 is 0 Å². The second-order valence-corrected chi connectivity index (χ2v) is 15.5. The van der Waals surface area contributed by atoms with Gasteiger partial charge in [-0.15, -0.1) is 0 Å². The second kappa shape index (κ2) is 20.8. The Morgan fingerprint density at radius 3 is 1.72 bits per heavy atom. The minimum absolute atomic E-state index is 0.00119. The number of esters is 1. The lowest BCUT2D eigenvalue weighted by molar-refractivity contribution is -0.385. The van der Waals surface area contributed by atoms with Crippen molar-refractivity contribution in [1.82, 2.24) is 9.80 Å². The van der Waals surface area contributed by atoms with Crippen LogP contribution in [0.1, 0.15) is 43.4 Å². The van der Waals surface area contributed by atoms with Crippen molar-refractivity contribution in [3.8, 4) is 0 Å². The van der Waals surface area contributed by atoms with Crippen molar-refractivity contribution < 1.29 is 67.3 Å². The summed E-state index contributed by atoms with van der Waals surface area (Å²) in [4.78, 5) is 128. The Labute approximate surface area is 365 Å². The average molecular weight is 908 g/mol. The smallest absolute Gasteiger partial charge is 0.454 e. The maximum absolute atomic E-state index is 13.7. The molecule has 4 amide bonds. The number of thioether (sulfide) groups is 1. The zero-order chi connectivity index (χ0) is 46.8. The fourth-order valence-electron chi connectivity index (χ4n) is 6.69. The van der Waals surface area contributed by atoms with E-state index in [-0.39, 0.29) is 54.6 Å². The first-order valence-electron chi connectivity index (χ1n) is 18.9. The van der Waals surface area contributed by atoms with E-state index in [2.05, 4.69) is 4.99 Å². The third-order valence-corrected chi connectivity index (χ3v) is 11.0. The van der Waals surface area contributed by atoms with Crippen LogP contribution in [0.4, 0.5) is 26.7 Å². The molecule has 25 heteroatoms. The van der Waals surface area contributed by atoms with Crippen LogP contribution in [0, 0.1) is 36.3 Å². The highest BCUT2D eigenvalue weighted by Gasteiger charge is 2.56. The molecule has 2 N–H and O–H groups in total. The quantitative estimate of drug-likeness (QED) is 0.0330. The number of nitro groups is 3. The van der Waals surface area contributed by atoms with Crippen LogP contribution in [0.25, 0.3) is 0 Å². The van der Waals surface area contributed by atoms with E-state index < -0.39 is 98.2 Å². The SMILES string of the molecule is CC(=NC(=O)OCc1ccc([N+](=O)[O-])cc1)N1C[C@@H](SC(=O)C[C@@H]2[C@@H]([C@@H](C)OC(=O)OCc3ccc([N+](=O)[O-])cc3)C(=O)N2C(=O)C(=O)OCc2ccc([N+](=O)[O-])cc2)C[C@H]1C(N)=O. The number of primary amides is 1. The number of rotatable bonds is 15. The Bertz CT molecular complexity index is 2380. The molecule has 5 rings (SSSR count). The van der Waals surface area contributed by atoms with Gasteiger partial charge in [-0.25, -0.2) is 14.4 Å². The predicted molar refractivity (Wildman–Crippen MR) is 218 cm³/mol. The maximum atomic E-state index is 13.7. The van der Waals surface area contributed by atoms with E-state index in [1.54, 1.807) is 0 Å². The molecule has 24 nitrogen and oxygen atoms in total. The number of amides is 4. The van der Waals surface area contributed by atoms with Crippen molar-refractivity contribution in [1.29, 1.82) is 0 Å². The van der Waals surface area contributed by atoms with Crippen LogP contribution >= 0.6 is 11.8 Å². The summed E-state index contributed by atoms with van der Waals surface area (Å²) >= 11 is 0.731. The van der Waals surface area contributed by atoms with E-state index in [0.29, 0.717) is 16.0 Å². The van der Waals surface area contributed by atoms with Crippen LogP contribution in [0.3, 0.4) is 0 Å². The van der Waals surface area contributed by atoms with Crippen molar-refractivity contribution >= 4 is 75.7 Å². The Morgan fingerprint density at radius 2 is 1.25 bits per heavy atom. The zero-order valence-corrected chi connectivity index (χ0v) is 34.5. The molecule has 3 aromatic rings. The summed E-state index contributed by atoms with van der Waals surface area (Å²) in [7, 11) is 0. The van der Waals surface area contributed by atoms with Crippen molar-refractivity contribution in [3.63, 3.8) is 0 Å². The summed E-state index contributed by atoms with van der Waals surface area (Å²) in [5, 5.41) is 31.5. The number of imide groups is 1. The number of non-ortho nitro benzene ring substituents is 3. The zero-order valence-electron chi connectivity index (χ0n) is 33.7. The largest absolute Gasteiger partial charge is 0.508 e. The summed E-state index contributed by atoms with van der Waals surface area (Å²) in [5.41, 5.74) is 6.13.